The molecule has 1 fully saturated rings. The van der Waals surface area contributed by atoms with Gasteiger partial charge in [-0.2, -0.15) is 0 Å². The lowest BCUT2D eigenvalue weighted by Gasteiger charge is -2.25. The number of aliphatic hydroxyl groups is 2. The molecule has 0 saturated carbocycles. The molecule has 0 spiro atoms. The van der Waals surface area contributed by atoms with E-state index in [2.05, 4.69) is 26.8 Å². The van der Waals surface area contributed by atoms with Gasteiger partial charge in [-0.1, -0.05) is 47.1 Å². The molecule has 1 aliphatic carbocycles. The number of ether oxygens (including phenoxy) is 2. The Labute approximate surface area is 178 Å². The third kappa shape index (κ3) is 5.88. The summed E-state index contributed by atoms with van der Waals surface area (Å²) in [5.41, 5.74) is 2.15. The van der Waals surface area contributed by atoms with E-state index >= 15 is 0 Å². The maximum Gasteiger partial charge on any atom is 0.302 e. The van der Waals surface area contributed by atoms with Crippen molar-refractivity contribution in [1.82, 2.24) is 0 Å². The van der Waals surface area contributed by atoms with E-state index in [9.17, 15) is 19.8 Å². The Balaban J connectivity index is 2.00. The van der Waals surface area contributed by atoms with E-state index in [1.54, 1.807) is 6.08 Å². The van der Waals surface area contributed by atoms with Gasteiger partial charge in [0, 0.05) is 12.5 Å². The van der Waals surface area contributed by atoms with E-state index < -0.39 is 29.9 Å². The zero-order valence-electron chi connectivity index (χ0n) is 18.3. The summed E-state index contributed by atoms with van der Waals surface area (Å²) in [6.07, 6.45) is 9.60. The van der Waals surface area contributed by atoms with Crippen LogP contribution in [0, 0.1) is 0 Å². The third-order valence-corrected chi connectivity index (χ3v) is 5.20. The number of aliphatic hydroxyl groups excluding tert-OH is 2. The van der Waals surface area contributed by atoms with Gasteiger partial charge < -0.3 is 19.7 Å². The van der Waals surface area contributed by atoms with Crippen molar-refractivity contribution in [3.05, 3.63) is 58.7 Å². The quantitative estimate of drug-likeness (QED) is 0.259. The Morgan fingerprint density at radius 1 is 1.30 bits per heavy atom. The summed E-state index contributed by atoms with van der Waals surface area (Å²) in [5.74, 6) is -0.893. The van der Waals surface area contributed by atoms with Gasteiger partial charge in [-0.15, -0.1) is 0 Å². The van der Waals surface area contributed by atoms with Crippen LogP contribution in [0.1, 0.15) is 47.5 Å². The van der Waals surface area contributed by atoms with Gasteiger partial charge in [0.15, 0.2) is 17.5 Å². The average Bonchev–Trinajstić information content (AvgIpc) is 3.41. The summed E-state index contributed by atoms with van der Waals surface area (Å²) in [6.45, 7) is 9.10. The molecule has 2 N–H and O–H groups in total. The van der Waals surface area contributed by atoms with Gasteiger partial charge >= 0.3 is 5.97 Å². The zero-order valence-corrected chi connectivity index (χ0v) is 18.3. The van der Waals surface area contributed by atoms with E-state index in [1.807, 2.05) is 25.2 Å². The molecule has 0 aromatic rings. The van der Waals surface area contributed by atoms with Crippen molar-refractivity contribution in [2.75, 3.05) is 6.61 Å². The van der Waals surface area contributed by atoms with Crippen LogP contribution in [0.5, 0.6) is 0 Å². The number of hydrogen-bond donors (Lipinski definition) is 2. The third-order valence-electron chi connectivity index (χ3n) is 5.20. The molecule has 1 heterocycles. The van der Waals surface area contributed by atoms with Crippen molar-refractivity contribution in [3.63, 3.8) is 0 Å². The van der Waals surface area contributed by atoms with Crippen molar-refractivity contribution in [2.24, 2.45) is 0 Å². The van der Waals surface area contributed by atoms with Gasteiger partial charge in [-0.25, -0.2) is 0 Å². The Hall–Kier alpha value is -2.28. The summed E-state index contributed by atoms with van der Waals surface area (Å²) in [5, 5.41) is 21.1. The Morgan fingerprint density at radius 3 is 2.63 bits per heavy atom. The number of carbonyl (C=O) groups excluding carboxylic acids is 2. The molecular weight excluding hydrogens is 384 g/mol. The van der Waals surface area contributed by atoms with Crippen LogP contribution in [0.3, 0.4) is 0 Å². The number of hydrogen-bond acceptors (Lipinski definition) is 6. The maximum absolute atomic E-state index is 12.4. The predicted octanol–water partition coefficient (Wildman–Crippen LogP) is 3.11. The minimum Gasteiger partial charge on any atom is -0.461 e. The van der Waals surface area contributed by atoms with Gasteiger partial charge in [0.25, 0.3) is 0 Å². The molecule has 30 heavy (non-hydrogen) atoms. The molecule has 0 aromatic carbocycles. The molecule has 6 nitrogen and oxygen atoms in total. The molecule has 164 valence electrons. The van der Waals surface area contributed by atoms with Gasteiger partial charge in [-0.05, 0) is 46.6 Å². The van der Waals surface area contributed by atoms with Crippen LogP contribution >= 0.6 is 0 Å². The monoisotopic (exact) mass is 416 g/mol. The summed E-state index contributed by atoms with van der Waals surface area (Å²) >= 11 is 0. The smallest absolute Gasteiger partial charge is 0.302 e. The van der Waals surface area contributed by atoms with E-state index in [1.165, 1.54) is 24.1 Å². The number of fused-ring (bicyclic) bond motifs is 1. The van der Waals surface area contributed by atoms with E-state index in [0.717, 1.165) is 18.4 Å². The molecule has 4 atom stereocenters. The predicted molar refractivity (Wildman–Crippen MR) is 115 cm³/mol. The minimum absolute atomic E-state index is 0.178. The van der Waals surface area contributed by atoms with Crippen LogP contribution in [0.2, 0.25) is 0 Å². The Morgan fingerprint density at radius 2 is 2.00 bits per heavy atom. The van der Waals surface area contributed by atoms with Crippen LogP contribution in [0.15, 0.2) is 58.7 Å². The number of ketones is 1. The molecule has 0 aromatic heterocycles. The Bertz CT molecular complexity index is 825. The van der Waals surface area contributed by atoms with Crippen LogP contribution in [0.4, 0.5) is 0 Å². The zero-order chi connectivity index (χ0) is 22.5. The highest BCUT2D eigenvalue weighted by Crippen LogP contribution is 2.48. The number of esters is 1. The standard InChI is InChI=1S/C24H32O6/c1-15(2)8-6-9-16(3)10-7-11-17(4)12-20(26)24-21(27)13-19(14-29-18(5)25)22(28)23(24)30-24/h7-8,10-13,20-21,23,26-27H,6,9,14H2,1-5H3. The number of Topliss-reactive ketones (excluding diaryl/α,β-unsaturated/α-hetero) is 1. The van der Waals surface area contributed by atoms with Crippen molar-refractivity contribution >= 4 is 11.8 Å². The fraction of sp³-hybridized carbons (Fsp3) is 0.500. The second-order valence-electron chi connectivity index (χ2n) is 8.18. The van der Waals surface area contributed by atoms with E-state index in [0.29, 0.717) is 0 Å². The van der Waals surface area contributed by atoms with Crippen molar-refractivity contribution in [3.8, 4) is 0 Å². The number of epoxide rings is 1. The first-order chi connectivity index (χ1) is 14.1. The van der Waals surface area contributed by atoms with E-state index in [-0.39, 0.29) is 18.0 Å². The van der Waals surface area contributed by atoms with Crippen LogP contribution in [-0.4, -0.2) is 52.5 Å². The lowest BCUT2D eigenvalue weighted by Crippen LogP contribution is -2.46. The lowest BCUT2D eigenvalue weighted by molar-refractivity contribution is -0.140. The first-order valence-electron chi connectivity index (χ1n) is 10.2. The number of carbonyl (C=O) groups is 2. The van der Waals surface area contributed by atoms with Crippen LogP contribution in [-0.2, 0) is 19.1 Å². The van der Waals surface area contributed by atoms with Gasteiger partial charge in [0.05, 0.1) is 0 Å². The summed E-state index contributed by atoms with van der Waals surface area (Å²) in [4.78, 5) is 23.4. The fourth-order valence-corrected chi connectivity index (χ4v) is 3.39. The highest BCUT2D eigenvalue weighted by molar-refractivity contribution is 6.03. The average molecular weight is 417 g/mol. The highest BCUT2D eigenvalue weighted by atomic mass is 16.6. The first kappa shape index (κ1) is 24.0. The van der Waals surface area contributed by atoms with Crippen molar-refractivity contribution < 1.29 is 29.3 Å². The lowest BCUT2D eigenvalue weighted by atomic mass is 9.82. The molecule has 0 bridgehead atoms. The van der Waals surface area contributed by atoms with Gasteiger partial charge in [0.2, 0.25) is 0 Å². The minimum atomic E-state index is -1.37. The number of rotatable bonds is 9. The molecule has 2 rings (SSSR count). The number of allylic oxidation sites excluding steroid dienone is 7. The molecule has 0 radical (unpaired) electrons. The maximum atomic E-state index is 12.4. The van der Waals surface area contributed by atoms with Crippen LogP contribution < -0.4 is 0 Å². The largest absolute Gasteiger partial charge is 0.461 e. The topological polar surface area (TPSA) is 96.4 Å². The molecule has 4 unspecified atom stereocenters. The van der Waals surface area contributed by atoms with Crippen molar-refractivity contribution in [1.29, 1.82) is 0 Å². The summed E-state index contributed by atoms with van der Waals surface area (Å²) < 4.78 is 10.3. The summed E-state index contributed by atoms with van der Waals surface area (Å²) in [6, 6.07) is 0. The van der Waals surface area contributed by atoms with Crippen molar-refractivity contribution in [2.45, 2.75) is 71.4 Å². The Kier molecular flexibility index (Phi) is 8.12. The fourth-order valence-electron chi connectivity index (χ4n) is 3.39. The van der Waals surface area contributed by atoms with Crippen LogP contribution in [0.25, 0.3) is 0 Å². The van der Waals surface area contributed by atoms with E-state index in [4.69, 9.17) is 9.47 Å². The molecule has 6 heteroatoms. The molecular formula is C24H32O6. The second-order valence-corrected chi connectivity index (χ2v) is 8.18. The second kappa shape index (κ2) is 10.2. The van der Waals surface area contributed by atoms with Gasteiger partial charge in [-0.3, -0.25) is 9.59 Å². The highest BCUT2D eigenvalue weighted by Gasteiger charge is 2.70. The molecule has 2 aliphatic rings. The summed E-state index contributed by atoms with van der Waals surface area (Å²) in [7, 11) is 0. The molecule has 1 saturated heterocycles. The first-order valence-corrected chi connectivity index (χ1v) is 10.2. The molecule has 1 aliphatic heterocycles. The molecule has 0 amide bonds. The normalized spacial score (nSPS) is 27.4. The SMILES string of the molecule is CC(=O)OCC1=CC(O)C2(C(O)C=C(C)C=CC=C(C)CCC=C(C)C)OC2C1=O. The van der Waals surface area contributed by atoms with Gasteiger partial charge in [0.1, 0.15) is 18.8 Å².